The van der Waals surface area contributed by atoms with Crippen LogP contribution in [0.4, 0.5) is 0 Å². The molecule has 6 heteroatoms. The van der Waals surface area contributed by atoms with Gasteiger partial charge in [-0.2, -0.15) is 0 Å². The molecule has 0 spiro atoms. The second kappa shape index (κ2) is 12.6. The van der Waals surface area contributed by atoms with Crippen molar-refractivity contribution in [3.63, 3.8) is 0 Å². The van der Waals surface area contributed by atoms with E-state index in [-0.39, 0.29) is 11.5 Å². The van der Waals surface area contributed by atoms with E-state index in [4.69, 9.17) is 19.7 Å². The first-order valence-electron chi connectivity index (χ1n) is 9.36. The fourth-order valence-corrected chi connectivity index (χ4v) is 2.29. The molecule has 30 heavy (non-hydrogen) atoms. The molecule has 3 aromatic carbocycles. The maximum Gasteiger partial charge on any atom is 0.118 e. The number of methoxy groups -OCH3 is 2. The van der Waals surface area contributed by atoms with Gasteiger partial charge in [0.2, 0.25) is 0 Å². The van der Waals surface area contributed by atoms with Crippen LogP contribution < -0.4 is 9.47 Å². The van der Waals surface area contributed by atoms with Crippen LogP contribution in [0.25, 0.3) is 0 Å². The molecule has 0 aromatic heterocycles. The smallest absolute Gasteiger partial charge is 0.118 e. The molecule has 3 rings (SSSR count). The van der Waals surface area contributed by atoms with Crippen molar-refractivity contribution < 1.29 is 19.7 Å². The van der Waals surface area contributed by atoms with Gasteiger partial charge in [-0.25, -0.2) is 0 Å². The van der Waals surface area contributed by atoms with Gasteiger partial charge in [0.25, 0.3) is 0 Å². The molecule has 0 unspecified atom stereocenters. The number of ether oxygens (including phenoxy) is 2. The van der Waals surface area contributed by atoms with E-state index in [1.807, 2.05) is 61.0 Å². The summed E-state index contributed by atoms with van der Waals surface area (Å²) in [6.45, 7) is 1.33. The topological polar surface area (TPSA) is 83.6 Å². The van der Waals surface area contributed by atoms with Crippen LogP contribution in [0.3, 0.4) is 0 Å². The van der Waals surface area contributed by atoms with Crippen LogP contribution >= 0.6 is 0 Å². The van der Waals surface area contributed by atoms with E-state index < -0.39 is 0 Å². The molecule has 2 N–H and O–H groups in total. The predicted molar refractivity (Wildman–Crippen MR) is 121 cm³/mol. The van der Waals surface area contributed by atoms with Crippen molar-refractivity contribution in [3.8, 4) is 23.0 Å². The monoisotopic (exact) mass is 406 g/mol. The van der Waals surface area contributed by atoms with Crippen LogP contribution in [0.5, 0.6) is 23.0 Å². The van der Waals surface area contributed by atoms with Gasteiger partial charge in [-0.05, 0) is 83.9 Å². The number of hydrogen-bond donors (Lipinski definition) is 2. The molecule has 0 aliphatic rings. The molecule has 3 aromatic rings. The standard InChI is InChI=1S/C18H20N2O2.C6H6O2/c1-21-17-7-3-15(4-8-17)13-19-11-12-20-14-16-5-9-18(22-2)10-6-16;7-5-1-2-6(8)4-3-5/h3-10,13-14H,11-12H2,1-2H3;1-4,7-8H. The molecule has 0 saturated heterocycles. The maximum absolute atomic E-state index is 8.65. The highest BCUT2D eigenvalue weighted by Crippen LogP contribution is 2.13. The van der Waals surface area contributed by atoms with Gasteiger partial charge in [0, 0.05) is 12.4 Å². The zero-order valence-electron chi connectivity index (χ0n) is 17.1. The van der Waals surface area contributed by atoms with Crippen molar-refractivity contribution in [2.75, 3.05) is 27.3 Å². The Morgan fingerprint density at radius 2 is 0.933 bits per heavy atom. The summed E-state index contributed by atoms with van der Waals surface area (Å²) < 4.78 is 10.2. The van der Waals surface area contributed by atoms with E-state index in [1.54, 1.807) is 14.2 Å². The maximum atomic E-state index is 8.65. The lowest BCUT2D eigenvalue weighted by molar-refractivity contribution is 0.414. The van der Waals surface area contributed by atoms with Crippen molar-refractivity contribution in [2.45, 2.75) is 0 Å². The van der Waals surface area contributed by atoms with Crippen molar-refractivity contribution in [1.29, 1.82) is 0 Å². The highest BCUT2D eigenvalue weighted by atomic mass is 16.5. The number of phenolic OH excluding ortho intramolecular Hbond substituents is 2. The molecule has 0 amide bonds. The van der Waals surface area contributed by atoms with E-state index >= 15 is 0 Å². The molecule has 0 bridgehead atoms. The third kappa shape index (κ3) is 8.48. The Hall–Kier alpha value is -3.80. The van der Waals surface area contributed by atoms with Crippen molar-refractivity contribution in [1.82, 2.24) is 0 Å². The van der Waals surface area contributed by atoms with Crippen LogP contribution in [-0.4, -0.2) is 50.0 Å². The number of benzene rings is 3. The van der Waals surface area contributed by atoms with Gasteiger partial charge in [-0.15, -0.1) is 0 Å². The van der Waals surface area contributed by atoms with Crippen LogP contribution in [-0.2, 0) is 0 Å². The van der Waals surface area contributed by atoms with E-state index in [1.165, 1.54) is 24.3 Å². The fraction of sp³-hybridized carbons (Fsp3) is 0.167. The van der Waals surface area contributed by atoms with Crippen molar-refractivity contribution in [3.05, 3.63) is 83.9 Å². The van der Waals surface area contributed by atoms with Crippen LogP contribution in [0.15, 0.2) is 82.8 Å². The third-order valence-corrected chi connectivity index (χ3v) is 3.92. The lowest BCUT2D eigenvalue weighted by Crippen LogP contribution is -1.91. The largest absolute Gasteiger partial charge is 0.508 e. The number of phenols is 2. The summed E-state index contributed by atoms with van der Waals surface area (Å²) in [5.74, 6) is 2.04. The minimum atomic E-state index is 0.169. The van der Waals surface area contributed by atoms with Gasteiger partial charge >= 0.3 is 0 Å². The van der Waals surface area contributed by atoms with Crippen LogP contribution in [0.2, 0.25) is 0 Å². The van der Waals surface area contributed by atoms with E-state index in [9.17, 15) is 0 Å². The Morgan fingerprint density at radius 1 is 0.600 bits per heavy atom. The highest BCUT2D eigenvalue weighted by Gasteiger charge is 1.91. The molecular weight excluding hydrogens is 380 g/mol. The van der Waals surface area contributed by atoms with Crippen LogP contribution in [0.1, 0.15) is 11.1 Å². The SMILES string of the molecule is COc1ccc(C=NCCN=Cc2ccc(OC)cc2)cc1.Oc1ccc(O)cc1. The molecule has 0 aliphatic heterocycles. The molecule has 0 radical (unpaired) electrons. The zero-order chi connectivity index (χ0) is 21.6. The molecule has 0 fully saturated rings. The number of aromatic hydroxyl groups is 2. The van der Waals surface area contributed by atoms with Crippen molar-refractivity contribution >= 4 is 12.4 Å². The molecule has 0 aliphatic carbocycles. The molecule has 156 valence electrons. The average Bonchev–Trinajstić information content (AvgIpc) is 2.79. The van der Waals surface area contributed by atoms with Crippen LogP contribution in [0, 0.1) is 0 Å². The number of rotatable bonds is 7. The lowest BCUT2D eigenvalue weighted by Gasteiger charge is -1.99. The lowest BCUT2D eigenvalue weighted by atomic mass is 10.2. The predicted octanol–water partition coefficient (Wildman–Crippen LogP) is 4.34. The summed E-state index contributed by atoms with van der Waals surface area (Å²) >= 11 is 0. The Labute approximate surface area is 176 Å². The van der Waals surface area contributed by atoms with Gasteiger partial charge in [0.15, 0.2) is 0 Å². The second-order valence-electron chi connectivity index (χ2n) is 6.13. The Kier molecular flexibility index (Phi) is 9.46. The van der Waals surface area contributed by atoms with E-state index in [0.29, 0.717) is 13.1 Å². The second-order valence-corrected chi connectivity index (χ2v) is 6.13. The number of aliphatic imine (C=N–C) groups is 2. The average molecular weight is 406 g/mol. The summed E-state index contributed by atoms with van der Waals surface area (Å²) in [7, 11) is 3.31. The third-order valence-electron chi connectivity index (χ3n) is 3.92. The summed E-state index contributed by atoms with van der Waals surface area (Å²) in [6.07, 6.45) is 3.70. The van der Waals surface area contributed by atoms with Gasteiger partial charge in [-0.3, -0.25) is 9.98 Å². The first-order valence-corrected chi connectivity index (χ1v) is 9.36. The zero-order valence-corrected chi connectivity index (χ0v) is 17.1. The first-order chi connectivity index (χ1) is 14.6. The molecular formula is C24H26N2O4. The summed E-state index contributed by atoms with van der Waals surface area (Å²) in [5.41, 5.74) is 2.11. The summed E-state index contributed by atoms with van der Waals surface area (Å²) in [4.78, 5) is 8.71. The minimum Gasteiger partial charge on any atom is -0.508 e. The molecule has 0 heterocycles. The van der Waals surface area contributed by atoms with Gasteiger partial charge in [0.1, 0.15) is 23.0 Å². The van der Waals surface area contributed by atoms with Gasteiger partial charge in [-0.1, -0.05) is 0 Å². The minimum absolute atomic E-state index is 0.169. The fourth-order valence-electron chi connectivity index (χ4n) is 2.29. The molecule has 0 saturated carbocycles. The number of hydrogen-bond acceptors (Lipinski definition) is 6. The van der Waals surface area contributed by atoms with Gasteiger partial charge in [0.05, 0.1) is 27.3 Å². The Bertz CT molecular complexity index is 840. The highest BCUT2D eigenvalue weighted by molar-refractivity contribution is 5.80. The van der Waals surface area contributed by atoms with E-state index in [0.717, 1.165) is 22.6 Å². The Balaban J connectivity index is 0.000000335. The molecule has 6 nitrogen and oxygen atoms in total. The summed E-state index contributed by atoms with van der Waals surface area (Å²) in [6, 6.07) is 21.3. The number of nitrogens with zero attached hydrogens (tertiary/aromatic N) is 2. The molecule has 0 atom stereocenters. The van der Waals surface area contributed by atoms with Gasteiger partial charge < -0.3 is 19.7 Å². The van der Waals surface area contributed by atoms with E-state index in [2.05, 4.69) is 9.98 Å². The quantitative estimate of drug-likeness (QED) is 0.347. The first kappa shape index (κ1) is 22.5. The Morgan fingerprint density at radius 3 is 1.23 bits per heavy atom. The summed E-state index contributed by atoms with van der Waals surface area (Å²) in [5, 5.41) is 17.3. The normalized spacial score (nSPS) is 10.6. The van der Waals surface area contributed by atoms with Crippen molar-refractivity contribution in [2.24, 2.45) is 9.98 Å².